The van der Waals surface area contributed by atoms with Crippen LogP contribution < -0.4 is 0 Å². The van der Waals surface area contributed by atoms with Crippen molar-refractivity contribution in [1.82, 2.24) is 0 Å². The average molecular weight is 355 g/mol. The monoisotopic (exact) mass is 354 g/mol. The van der Waals surface area contributed by atoms with Crippen LogP contribution in [0.15, 0.2) is 59.1 Å². The second-order valence-electron chi connectivity index (χ2n) is 4.30. The summed E-state index contributed by atoms with van der Waals surface area (Å²) in [7, 11) is 0. The number of ketones is 1. The first-order chi connectivity index (χ1) is 9.88. The minimum Gasteiger partial charge on any atom is -0.289 e. The number of alkyl halides is 3. The van der Waals surface area contributed by atoms with E-state index in [-0.39, 0.29) is 5.78 Å². The van der Waals surface area contributed by atoms with Gasteiger partial charge in [-0.1, -0.05) is 46.3 Å². The normalized spacial score (nSPS) is 11.8. The van der Waals surface area contributed by atoms with Gasteiger partial charge in [-0.2, -0.15) is 13.2 Å². The van der Waals surface area contributed by atoms with Gasteiger partial charge in [-0.25, -0.2) is 0 Å². The second-order valence-corrected chi connectivity index (χ2v) is 5.15. The Bertz CT molecular complexity index is 673. The Hall–Kier alpha value is -1.88. The average Bonchev–Trinajstić information content (AvgIpc) is 2.45. The smallest absolute Gasteiger partial charge is 0.289 e. The largest absolute Gasteiger partial charge is 0.416 e. The standard InChI is InChI=1S/C16H10BrF3O/c17-14-4-2-1-3-13(14)15(21)10-7-11-5-8-12(9-6-11)16(18,19)20/h1-10H/b10-7+. The van der Waals surface area contributed by atoms with E-state index in [1.54, 1.807) is 24.3 Å². The third-order valence-electron chi connectivity index (χ3n) is 2.80. The highest BCUT2D eigenvalue weighted by Gasteiger charge is 2.29. The van der Waals surface area contributed by atoms with Crippen LogP contribution in [0.25, 0.3) is 6.08 Å². The van der Waals surface area contributed by atoms with Crippen LogP contribution in [-0.4, -0.2) is 5.78 Å². The van der Waals surface area contributed by atoms with E-state index in [1.807, 2.05) is 0 Å². The van der Waals surface area contributed by atoms with Crippen LogP contribution in [0.1, 0.15) is 21.5 Å². The zero-order valence-corrected chi connectivity index (χ0v) is 12.3. The molecule has 0 aliphatic carbocycles. The van der Waals surface area contributed by atoms with Crippen LogP contribution in [0.3, 0.4) is 0 Å². The van der Waals surface area contributed by atoms with Crippen LogP contribution in [0.2, 0.25) is 0 Å². The zero-order chi connectivity index (χ0) is 15.5. The summed E-state index contributed by atoms with van der Waals surface area (Å²) >= 11 is 3.27. The molecule has 2 aromatic carbocycles. The summed E-state index contributed by atoms with van der Waals surface area (Å²) in [6.45, 7) is 0. The highest BCUT2D eigenvalue weighted by molar-refractivity contribution is 9.10. The lowest BCUT2D eigenvalue weighted by atomic mass is 10.1. The van der Waals surface area contributed by atoms with Crippen LogP contribution in [0.5, 0.6) is 0 Å². The lowest BCUT2D eigenvalue weighted by Gasteiger charge is -2.05. The number of carbonyl (C=O) groups excluding carboxylic acids is 1. The number of hydrogen-bond acceptors (Lipinski definition) is 1. The molecule has 0 heterocycles. The molecular weight excluding hydrogens is 345 g/mol. The topological polar surface area (TPSA) is 17.1 Å². The molecule has 0 spiro atoms. The van der Waals surface area contributed by atoms with Gasteiger partial charge in [0.05, 0.1) is 5.56 Å². The Morgan fingerprint density at radius 3 is 2.19 bits per heavy atom. The third kappa shape index (κ3) is 4.04. The Morgan fingerprint density at radius 2 is 1.62 bits per heavy atom. The van der Waals surface area contributed by atoms with E-state index in [0.717, 1.165) is 12.1 Å². The minimum absolute atomic E-state index is 0.220. The molecule has 0 radical (unpaired) electrons. The summed E-state index contributed by atoms with van der Waals surface area (Å²) < 4.78 is 37.9. The third-order valence-corrected chi connectivity index (χ3v) is 3.50. The van der Waals surface area contributed by atoms with Crippen molar-refractivity contribution in [3.05, 3.63) is 75.8 Å². The number of hydrogen-bond donors (Lipinski definition) is 0. The van der Waals surface area contributed by atoms with E-state index < -0.39 is 11.7 Å². The maximum atomic E-state index is 12.4. The summed E-state index contributed by atoms with van der Waals surface area (Å²) in [4.78, 5) is 12.0. The molecule has 0 aromatic heterocycles. The molecule has 0 atom stereocenters. The quantitative estimate of drug-likeness (QED) is 0.535. The highest BCUT2D eigenvalue weighted by Crippen LogP contribution is 2.29. The fraction of sp³-hybridized carbons (Fsp3) is 0.0625. The summed E-state index contributed by atoms with van der Waals surface area (Å²) in [6.07, 6.45) is -1.53. The van der Waals surface area contributed by atoms with Crippen LogP contribution in [0, 0.1) is 0 Å². The molecule has 0 bridgehead atoms. The molecule has 0 fully saturated rings. The molecule has 0 saturated heterocycles. The van der Waals surface area contributed by atoms with Gasteiger partial charge in [-0.05, 0) is 35.9 Å². The Morgan fingerprint density at radius 1 is 1.00 bits per heavy atom. The number of benzene rings is 2. The molecule has 0 N–H and O–H groups in total. The molecule has 21 heavy (non-hydrogen) atoms. The molecule has 0 aliphatic rings. The predicted molar refractivity (Wildman–Crippen MR) is 79.0 cm³/mol. The second kappa shape index (κ2) is 6.26. The fourth-order valence-electron chi connectivity index (χ4n) is 1.71. The van der Waals surface area contributed by atoms with Crippen molar-refractivity contribution in [1.29, 1.82) is 0 Å². The first-order valence-electron chi connectivity index (χ1n) is 6.02. The van der Waals surface area contributed by atoms with E-state index in [0.29, 0.717) is 15.6 Å². The molecular formula is C16H10BrF3O. The van der Waals surface area contributed by atoms with E-state index in [4.69, 9.17) is 0 Å². The first kappa shape index (κ1) is 15.5. The molecule has 1 nitrogen and oxygen atoms in total. The summed E-state index contributed by atoms with van der Waals surface area (Å²) in [5, 5.41) is 0. The molecule has 108 valence electrons. The molecule has 0 amide bonds. The Labute approximate surface area is 128 Å². The summed E-state index contributed by atoms with van der Waals surface area (Å²) in [5.74, 6) is -0.220. The van der Waals surface area contributed by atoms with Gasteiger partial charge in [0.25, 0.3) is 0 Å². The SMILES string of the molecule is O=C(/C=C/c1ccc(C(F)(F)F)cc1)c1ccccc1Br. The predicted octanol–water partition coefficient (Wildman–Crippen LogP) is 5.36. The Balaban J connectivity index is 2.15. The van der Waals surface area contributed by atoms with Crippen molar-refractivity contribution in [3.8, 4) is 0 Å². The number of halogens is 4. The molecule has 0 unspecified atom stereocenters. The molecule has 0 aliphatic heterocycles. The van der Waals surface area contributed by atoms with Crippen LogP contribution in [-0.2, 0) is 6.18 Å². The molecule has 5 heteroatoms. The van der Waals surface area contributed by atoms with E-state index >= 15 is 0 Å². The molecule has 2 aromatic rings. The molecule has 0 saturated carbocycles. The van der Waals surface area contributed by atoms with Gasteiger partial charge in [0.1, 0.15) is 0 Å². The van der Waals surface area contributed by atoms with Crippen molar-refractivity contribution in [2.75, 3.05) is 0 Å². The number of rotatable bonds is 3. The summed E-state index contributed by atoms with van der Waals surface area (Å²) in [6, 6.07) is 11.6. The van der Waals surface area contributed by atoms with Gasteiger partial charge in [0.15, 0.2) is 5.78 Å². The molecule has 2 rings (SSSR count). The van der Waals surface area contributed by atoms with Gasteiger partial charge in [-0.3, -0.25) is 4.79 Å². The van der Waals surface area contributed by atoms with Gasteiger partial charge in [0.2, 0.25) is 0 Å². The first-order valence-corrected chi connectivity index (χ1v) is 6.81. The van der Waals surface area contributed by atoms with Crippen molar-refractivity contribution >= 4 is 27.8 Å². The highest BCUT2D eigenvalue weighted by atomic mass is 79.9. The summed E-state index contributed by atoms with van der Waals surface area (Å²) in [5.41, 5.74) is 0.320. The maximum absolute atomic E-state index is 12.4. The van der Waals surface area contributed by atoms with Gasteiger partial charge < -0.3 is 0 Å². The van der Waals surface area contributed by atoms with Crippen molar-refractivity contribution in [2.45, 2.75) is 6.18 Å². The van der Waals surface area contributed by atoms with Gasteiger partial charge in [-0.15, -0.1) is 0 Å². The lowest BCUT2D eigenvalue weighted by molar-refractivity contribution is -0.137. The van der Waals surface area contributed by atoms with Crippen molar-refractivity contribution < 1.29 is 18.0 Å². The number of carbonyl (C=O) groups is 1. The fourth-order valence-corrected chi connectivity index (χ4v) is 2.19. The minimum atomic E-state index is -4.35. The maximum Gasteiger partial charge on any atom is 0.416 e. The van der Waals surface area contributed by atoms with E-state index in [2.05, 4.69) is 15.9 Å². The van der Waals surface area contributed by atoms with E-state index in [1.165, 1.54) is 24.3 Å². The van der Waals surface area contributed by atoms with E-state index in [9.17, 15) is 18.0 Å². The lowest BCUT2D eigenvalue weighted by Crippen LogP contribution is -2.04. The van der Waals surface area contributed by atoms with Crippen LogP contribution >= 0.6 is 15.9 Å². The Kier molecular flexibility index (Phi) is 4.63. The number of allylic oxidation sites excluding steroid dienone is 1. The van der Waals surface area contributed by atoms with Crippen molar-refractivity contribution in [3.63, 3.8) is 0 Å². The van der Waals surface area contributed by atoms with Crippen molar-refractivity contribution in [2.24, 2.45) is 0 Å². The zero-order valence-electron chi connectivity index (χ0n) is 10.7. The van der Waals surface area contributed by atoms with Gasteiger partial charge >= 0.3 is 6.18 Å². The van der Waals surface area contributed by atoms with Gasteiger partial charge in [0, 0.05) is 10.0 Å². The van der Waals surface area contributed by atoms with Crippen LogP contribution in [0.4, 0.5) is 13.2 Å².